The van der Waals surface area contributed by atoms with Crippen molar-refractivity contribution >= 4 is 34.9 Å². The highest BCUT2D eigenvalue weighted by atomic mass is 35.5. The second kappa shape index (κ2) is 9.88. The summed E-state index contributed by atoms with van der Waals surface area (Å²) in [5.74, 6) is -0.833. The summed E-state index contributed by atoms with van der Waals surface area (Å²) in [6.45, 7) is 3.36. The molecule has 0 radical (unpaired) electrons. The zero-order valence-corrected chi connectivity index (χ0v) is 16.1. The maximum absolute atomic E-state index is 12.1. The molecule has 0 aliphatic rings. The predicted molar refractivity (Wildman–Crippen MR) is 105 cm³/mol. The third kappa shape index (κ3) is 6.53. The number of ketones is 1. The van der Waals surface area contributed by atoms with E-state index in [1.54, 1.807) is 31.2 Å². The van der Waals surface area contributed by atoms with Gasteiger partial charge in [-0.3, -0.25) is 14.4 Å². The highest BCUT2D eigenvalue weighted by Gasteiger charge is 2.11. The quantitative estimate of drug-likeness (QED) is 0.539. The molecule has 0 aliphatic heterocycles. The first-order valence-electron chi connectivity index (χ1n) is 8.72. The third-order valence-electron chi connectivity index (χ3n) is 4.03. The van der Waals surface area contributed by atoms with Crippen LogP contribution in [0.25, 0.3) is 0 Å². The molecule has 0 aromatic heterocycles. The van der Waals surface area contributed by atoms with Crippen molar-refractivity contribution in [2.24, 2.45) is 0 Å². The number of Topliss-reactive ketones (excluding diaryl/α,β-unsaturated/α-hetero) is 1. The molecule has 2 aromatic carbocycles. The SMILES string of the molecule is CCC(=O)Nc1ccc(C(=O)COC(=O)CCc2ccc(C)c(Cl)c2)cc1. The number of nitrogens with one attached hydrogen (secondary N) is 1. The van der Waals surface area contributed by atoms with Gasteiger partial charge in [0.2, 0.25) is 5.91 Å². The molecule has 2 aromatic rings. The van der Waals surface area contributed by atoms with Crippen LogP contribution >= 0.6 is 11.6 Å². The molecular weight excluding hydrogens is 366 g/mol. The van der Waals surface area contributed by atoms with Crippen molar-refractivity contribution in [1.29, 1.82) is 0 Å². The first-order chi connectivity index (χ1) is 12.9. The lowest BCUT2D eigenvalue weighted by atomic mass is 10.1. The van der Waals surface area contributed by atoms with Crippen LogP contribution < -0.4 is 5.32 Å². The summed E-state index contributed by atoms with van der Waals surface area (Å²) in [6, 6.07) is 12.1. The van der Waals surface area contributed by atoms with Gasteiger partial charge in [0, 0.05) is 29.1 Å². The van der Waals surface area contributed by atoms with Crippen LogP contribution in [0.2, 0.25) is 5.02 Å². The fraction of sp³-hybridized carbons (Fsp3) is 0.286. The standard InChI is InChI=1S/C21H22ClNO4/c1-3-20(25)23-17-9-7-16(8-10-17)19(24)13-27-21(26)11-6-15-5-4-14(2)18(22)12-15/h4-5,7-10,12H,3,6,11,13H2,1-2H3,(H,23,25). The first-order valence-corrected chi connectivity index (χ1v) is 9.10. The van der Waals surface area contributed by atoms with Crippen molar-refractivity contribution in [2.75, 3.05) is 11.9 Å². The Balaban J connectivity index is 1.79. The number of hydrogen-bond acceptors (Lipinski definition) is 4. The molecule has 0 bridgehead atoms. The maximum atomic E-state index is 12.1. The highest BCUT2D eigenvalue weighted by Crippen LogP contribution is 2.18. The van der Waals surface area contributed by atoms with Crippen LogP contribution in [0.1, 0.15) is 41.3 Å². The van der Waals surface area contributed by atoms with Crippen LogP contribution in [0, 0.1) is 6.92 Å². The molecule has 142 valence electrons. The molecule has 1 N–H and O–H groups in total. The fourth-order valence-corrected chi connectivity index (χ4v) is 2.53. The molecule has 0 fully saturated rings. The minimum Gasteiger partial charge on any atom is -0.457 e. The van der Waals surface area contributed by atoms with E-state index >= 15 is 0 Å². The van der Waals surface area contributed by atoms with Gasteiger partial charge in [-0.2, -0.15) is 0 Å². The van der Waals surface area contributed by atoms with Crippen LogP contribution in [0.15, 0.2) is 42.5 Å². The van der Waals surface area contributed by atoms with E-state index in [0.717, 1.165) is 11.1 Å². The lowest BCUT2D eigenvalue weighted by Crippen LogP contribution is -2.15. The monoisotopic (exact) mass is 387 g/mol. The normalized spacial score (nSPS) is 10.3. The van der Waals surface area contributed by atoms with Crippen molar-refractivity contribution in [3.8, 4) is 0 Å². The molecule has 0 spiro atoms. The summed E-state index contributed by atoms with van der Waals surface area (Å²) in [4.78, 5) is 35.3. The van der Waals surface area contributed by atoms with Gasteiger partial charge in [-0.1, -0.05) is 30.7 Å². The minimum absolute atomic E-state index is 0.0992. The Morgan fingerprint density at radius 2 is 1.78 bits per heavy atom. The van der Waals surface area contributed by atoms with Crippen LogP contribution in [0.4, 0.5) is 5.69 Å². The second-order valence-corrected chi connectivity index (χ2v) is 6.55. The van der Waals surface area contributed by atoms with Crippen LogP contribution in [0.3, 0.4) is 0 Å². The Morgan fingerprint density at radius 1 is 1.07 bits per heavy atom. The van der Waals surface area contributed by atoms with E-state index in [9.17, 15) is 14.4 Å². The third-order valence-corrected chi connectivity index (χ3v) is 4.44. The summed E-state index contributed by atoms with van der Waals surface area (Å²) in [5.41, 5.74) is 2.96. The number of benzene rings is 2. The zero-order chi connectivity index (χ0) is 19.8. The van der Waals surface area contributed by atoms with Crippen molar-refractivity contribution in [3.05, 3.63) is 64.2 Å². The number of rotatable bonds is 8. The average molecular weight is 388 g/mol. The van der Waals surface area contributed by atoms with Gasteiger partial charge >= 0.3 is 5.97 Å². The molecule has 0 unspecified atom stereocenters. The van der Waals surface area contributed by atoms with Gasteiger partial charge < -0.3 is 10.1 Å². The number of anilines is 1. The zero-order valence-electron chi connectivity index (χ0n) is 15.4. The van der Waals surface area contributed by atoms with Crippen molar-refractivity contribution in [1.82, 2.24) is 0 Å². The first kappa shape index (κ1) is 20.6. The summed E-state index contributed by atoms with van der Waals surface area (Å²) < 4.78 is 5.05. The number of halogens is 1. The number of carbonyl (C=O) groups is 3. The molecule has 5 nitrogen and oxygen atoms in total. The number of carbonyl (C=O) groups excluding carboxylic acids is 3. The van der Waals surface area contributed by atoms with Gasteiger partial charge in [0.1, 0.15) is 0 Å². The van der Waals surface area contributed by atoms with Crippen LogP contribution in [-0.4, -0.2) is 24.3 Å². The summed E-state index contributed by atoms with van der Waals surface area (Å²) in [7, 11) is 0. The predicted octanol–water partition coefficient (Wildman–Crippen LogP) is 4.36. The van der Waals surface area contributed by atoms with Gasteiger partial charge in [0.25, 0.3) is 0 Å². The van der Waals surface area contributed by atoms with Crippen LogP contribution in [-0.2, 0) is 20.7 Å². The fourth-order valence-electron chi connectivity index (χ4n) is 2.33. The van der Waals surface area contributed by atoms with E-state index in [0.29, 0.717) is 29.1 Å². The molecule has 0 heterocycles. The van der Waals surface area contributed by atoms with Crippen LogP contribution in [0.5, 0.6) is 0 Å². The number of ether oxygens (including phenoxy) is 1. The molecule has 0 saturated carbocycles. The van der Waals surface area contributed by atoms with Crippen molar-refractivity contribution < 1.29 is 19.1 Å². The molecule has 6 heteroatoms. The Bertz CT molecular complexity index is 831. The lowest BCUT2D eigenvalue weighted by Gasteiger charge is -2.07. The van der Waals surface area contributed by atoms with Gasteiger partial charge in [0.15, 0.2) is 12.4 Å². The summed E-state index contributed by atoms with van der Waals surface area (Å²) in [5, 5.41) is 3.36. The highest BCUT2D eigenvalue weighted by molar-refractivity contribution is 6.31. The Hall–Kier alpha value is -2.66. The lowest BCUT2D eigenvalue weighted by molar-refractivity contribution is -0.142. The van der Waals surface area contributed by atoms with Gasteiger partial charge in [-0.25, -0.2) is 0 Å². The minimum atomic E-state index is -0.438. The van der Waals surface area contributed by atoms with E-state index in [-0.39, 0.29) is 24.7 Å². The van der Waals surface area contributed by atoms with E-state index in [1.807, 2.05) is 25.1 Å². The summed E-state index contributed by atoms with van der Waals surface area (Å²) in [6.07, 6.45) is 1.05. The molecule has 2 rings (SSSR count). The average Bonchev–Trinajstić information content (AvgIpc) is 2.67. The van der Waals surface area contributed by atoms with Gasteiger partial charge in [-0.15, -0.1) is 0 Å². The number of aryl methyl sites for hydroxylation is 2. The number of amides is 1. The molecule has 0 aliphatic carbocycles. The Labute approximate surface area is 163 Å². The van der Waals surface area contributed by atoms with E-state index in [1.165, 1.54) is 0 Å². The van der Waals surface area contributed by atoms with Crippen molar-refractivity contribution in [3.63, 3.8) is 0 Å². The molecule has 0 atom stereocenters. The smallest absolute Gasteiger partial charge is 0.306 e. The molecule has 27 heavy (non-hydrogen) atoms. The Morgan fingerprint density at radius 3 is 2.41 bits per heavy atom. The number of esters is 1. The van der Waals surface area contributed by atoms with Gasteiger partial charge in [0.05, 0.1) is 0 Å². The van der Waals surface area contributed by atoms with E-state index in [2.05, 4.69) is 5.32 Å². The van der Waals surface area contributed by atoms with E-state index < -0.39 is 5.97 Å². The van der Waals surface area contributed by atoms with Gasteiger partial charge in [-0.05, 0) is 54.8 Å². The van der Waals surface area contributed by atoms with Crippen molar-refractivity contribution in [2.45, 2.75) is 33.1 Å². The molecule has 0 saturated heterocycles. The Kier molecular flexibility index (Phi) is 7.55. The molecule has 1 amide bonds. The van der Waals surface area contributed by atoms with E-state index in [4.69, 9.17) is 16.3 Å². The maximum Gasteiger partial charge on any atom is 0.306 e. The topological polar surface area (TPSA) is 72.5 Å². The summed E-state index contributed by atoms with van der Waals surface area (Å²) >= 11 is 6.06. The molecular formula is C21H22ClNO4. The number of hydrogen-bond donors (Lipinski definition) is 1. The largest absolute Gasteiger partial charge is 0.457 e. The second-order valence-electron chi connectivity index (χ2n) is 6.15.